The number of rotatable bonds is 3. The molecule has 4 heteroatoms. The van der Waals surface area contributed by atoms with Crippen LogP contribution in [0.1, 0.15) is 4.88 Å². The Bertz CT molecular complexity index is 723. The molecule has 1 aromatic heterocycles. The van der Waals surface area contributed by atoms with Gasteiger partial charge in [-0.1, -0.05) is 41.9 Å². The summed E-state index contributed by atoms with van der Waals surface area (Å²) >= 11 is 7.97. The first kappa shape index (κ1) is 12.5. The number of anilines is 1. The molecule has 2 aromatic carbocycles. The van der Waals surface area contributed by atoms with Crippen molar-refractivity contribution in [3.63, 3.8) is 0 Å². The monoisotopic (exact) mass is 291 g/mol. The Labute approximate surface area is 119 Å². The third kappa shape index (κ3) is 2.44. The van der Waals surface area contributed by atoms with E-state index in [4.69, 9.17) is 11.6 Å². The molecule has 0 saturated carbocycles. The Morgan fingerprint density at radius 1 is 1.05 bits per heavy atom. The number of thiophene rings is 1. The van der Waals surface area contributed by atoms with Crippen LogP contribution in [0.15, 0.2) is 48.5 Å². The van der Waals surface area contributed by atoms with Crippen LogP contribution in [0, 0.1) is 5.82 Å². The van der Waals surface area contributed by atoms with Gasteiger partial charge in [0, 0.05) is 15.0 Å². The van der Waals surface area contributed by atoms with Crippen molar-refractivity contribution in [2.24, 2.45) is 0 Å². The molecule has 1 N–H and O–H groups in total. The van der Waals surface area contributed by atoms with Crippen LogP contribution in [0.3, 0.4) is 0 Å². The van der Waals surface area contributed by atoms with Gasteiger partial charge >= 0.3 is 0 Å². The highest BCUT2D eigenvalue weighted by Gasteiger charge is 2.10. The van der Waals surface area contributed by atoms with Crippen molar-refractivity contribution < 1.29 is 4.39 Å². The van der Waals surface area contributed by atoms with Crippen molar-refractivity contribution in [2.45, 2.75) is 6.54 Å². The molecule has 0 spiro atoms. The van der Waals surface area contributed by atoms with Crippen molar-refractivity contribution in [1.82, 2.24) is 0 Å². The van der Waals surface area contributed by atoms with Crippen LogP contribution in [0.25, 0.3) is 10.1 Å². The lowest BCUT2D eigenvalue weighted by Crippen LogP contribution is -1.99. The second kappa shape index (κ2) is 5.19. The minimum Gasteiger partial charge on any atom is -0.378 e. The molecule has 0 aliphatic heterocycles. The maximum atomic E-state index is 13.5. The fraction of sp³-hybridized carbons (Fsp3) is 0.0667. The first-order chi connectivity index (χ1) is 9.25. The predicted octanol–water partition coefficient (Wildman–Crippen LogP) is 5.31. The van der Waals surface area contributed by atoms with Gasteiger partial charge in [0.2, 0.25) is 0 Å². The van der Waals surface area contributed by atoms with Crippen molar-refractivity contribution in [3.8, 4) is 0 Å². The summed E-state index contributed by atoms with van der Waals surface area (Å²) in [6, 6.07) is 14.6. The Morgan fingerprint density at radius 3 is 2.58 bits per heavy atom. The Hall–Kier alpha value is -1.58. The fourth-order valence-electron chi connectivity index (χ4n) is 1.96. The lowest BCUT2D eigenvalue weighted by atomic mass is 10.2. The van der Waals surface area contributed by atoms with Crippen LogP contribution in [0.2, 0.25) is 5.02 Å². The number of fused-ring (bicyclic) bond motifs is 1. The Balaban J connectivity index is 1.86. The van der Waals surface area contributed by atoms with E-state index in [2.05, 4.69) is 5.32 Å². The van der Waals surface area contributed by atoms with Gasteiger partial charge in [-0.15, -0.1) is 11.3 Å². The molecular weight excluding hydrogens is 281 g/mol. The first-order valence-electron chi connectivity index (χ1n) is 5.90. The van der Waals surface area contributed by atoms with E-state index in [1.165, 1.54) is 6.07 Å². The summed E-state index contributed by atoms with van der Waals surface area (Å²) in [6.45, 7) is 0.527. The molecule has 96 valence electrons. The number of nitrogens with one attached hydrogen (secondary N) is 1. The van der Waals surface area contributed by atoms with Gasteiger partial charge < -0.3 is 5.32 Å². The number of para-hydroxylation sites is 1. The molecule has 0 saturated heterocycles. The van der Waals surface area contributed by atoms with E-state index in [1.54, 1.807) is 29.5 Å². The van der Waals surface area contributed by atoms with E-state index >= 15 is 0 Å². The van der Waals surface area contributed by atoms with Gasteiger partial charge in [-0.25, -0.2) is 4.39 Å². The van der Waals surface area contributed by atoms with E-state index in [0.29, 0.717) is 12.2 Å². The lowest BCUT2D eigenvalue weighted by molar-refractivity contribution is 0.630. The zero-order chi connectivity index (χ0) is 13.2. The number of halogens is 2. The standard InChI is InChI=1S/C15H11ClFNS/c16-15-10-5-1-4-8-13(10)19-14(15)9-18-12-7-3-2-6-11(12)17/h1-8,18H,9H2. The first-order valence-corrected chi connectivity index (χ1v) is 7.09. The normalized spacial score (nSPS) is 10.8. The summed E-state index contributed by atoms with van der Waals surface area (Å²) in [7, 11) is 0. The molecular formula is C15H11ClFNS. The van der Waals surface area contributed by atoms with Gasteiger partial charge in [-0.2, -0.15) is 0 Å². The zero-order valence-corrected chi connectivity index (χ0v) is 11.6. The maximum absolute atomic E-state index is 13.5. The molecule has 0 bridgehead atoms. The van der Waals surface area contributed by atoms with Gasteiger partial charge in [0.25, 0.3) is 0 Å². The highest BCUT2D eigenvalue weighted by Crippen LogP contribution is 2.35. The summed E-state index contributed by atoms with van der Waals surface area (Å²) in [5, 5.41) is 4.89. The van der Waals surface area contributed by atoms with E-state index in [0.717, 1.165) is 20.0 Å². The van der Waals surface area contributed by atoms with Crippen LogP contribution in [-0.4, -0.2) is 0 Å². The number of benzene rings is 2. The van der Waals surface area contributed by atoms with Gasteiger partial charge in [0.15, 0.2) is 0 Å². The largest absolute Gasteiger partial charge is 0.378 e. The third-order valence-electron chi connectivity index (χ3n) is 2.91. The average Bonchev–Trinajstić information content (AvgIpc) is 2.75. The topological polar surface area (TPSA) is 12.0 Å². The number of hydrogen-bond acceptors (Lipinski definition) is 2. The van der Waals surface area contributed by atoms with Crippen LogP contribution in [0.5, 0.6) is 0 Å². The highest BCUT2D eigenvalue weighted by molar-refractivity contribution is 7.19. The molecule has 1 heterocycles. The molecule has 0 fully saturated rings. The fourth-order valence-corrected chi connectivity index (χ4v) is 3.40. The Morgan fingerprint density at radius 2 is 1.79 bits per heavy atom. The molecule has 3 rings (SSSR count). The molecule has 0 aliphatic carbocycles. The van der Waals surface area contributed by atoms with Gasteiger partial charge in [0.05, 0.1) is 17.3 Å². The summed E-state index contributed by atoms with van der Waals surface area (Å²) in [6.07, 6.45) is 0. The van der Waals surface area contributed by atoms with Crippen molar-refractivity contribution in [3.05, 3.63) is 64.2 Å². The summed E-state index contributed by atoms with van der Waals surface area (Å²) in [5.74, 6) is -0.250. The molecule has 0 atom stereocenters. The number of hydrogen-bond donors (Lipinski definition) is 1. The SMILES string of the molecule is Fc1ccccc1NCc1sc2ccccc2c1Cl. The second-order valence-corrected chi connectivity index (χ2v) is 5.68. The molecule has 0 radical (unpaired) electrons. The van der Waals surface area contributed by atoms with Crippen molar-refractivity contribution in [2.75, 3.05) is 5.32 Å². The van der Waals surface area contributed by atoms with Crippen molar-refractivity contribution >= 4 is 38.7 Å². The average molecular weight is 292 g/mol. The quantitative estimate of drug-likeness (QED) is 0.690. The molecule has 1 nitrogen and oxygen atoms in total. The lowest BCUT2D eigenvalue weighted by Gasteiger charge is -2.06. The maximum Gasteiger partial charge on any atom is 0.146 e. The van der Waals surface area contributed by atoms with Crippen molar-refractivity contribution in [1.29, 1.82) is 0 Å². The van der Waals surface area contributed by atoms with Gasteiger partial charge in [-0.3, -0.25) is 0 Å². The van der Waals surface area contributed by atoms with E-state index < -0.39 is 0 Å². The molecule has 0 aliphatic rings. The van der Waals surface area contributed by atoms with Crippen LogP contribution in [0.4, 0.5) is 10.1 Å². The molecule has 19 heavy (non-hydrogen) atoms. The minimum atomic E-state index is -0.250. The predicted molar refractivity (Wildman–Crippen MR) is 80.6 cm³/mol. The third-order valence-corrected chi connectivity index (χ3v) is 4.63. The van der Waals surface area contributed by atoms with Gasteiger partial charge in [-0.05, 0) is 18.2 Å². The zero-order valence-electron chi connectivity index (χ0n) is 9.99. The van der Waals surface area contributed by atoms with Crippen LogP contribution in [-0.2, 0) is 6.54 Å². The molecule has 0 unspecified atom stereocenters. The molecule has 0 amide bonds. The van der Waals surface area contributed by atoms with Crippen LogP contribution < -0.4 is 5.32 Å². The summed E-state index contributed by atoms with van der Waals surface area (Å²) < 4.78 is 14.7. The van der Waals surface area contributed by atoms with E-state index in [9.17, 15) is 4.39 Å². The van der Waals surface area contributed by atoms with E-state index in [-0.39, 0.29) is 5.82 Å². The summed E-state index contributed by atoms with van der Waals surface area (Å²) in [4.78, 5) is 1.02. The smallest absolute Gasteiger partial charge is 0.146 e. The van der Waals surface area contributed by atoms with E-state index in [1.807, 2.05) is 24.3 Å². The molecule has 3 aromatic rings. The van der Waals surface area contributed by atoms with Gasteiger partial charge in [0.1, 0.15) is 5.82 Å². The highest BCUT2D eigenvalue weighted by atomic mass is 35.5. The second-order valence-electron chi connectivity index (χ2n) is 4.17. The minimum absolute atomic E-state index is 0.250. The Kier molecular flexibility index (Phi) is 3.40. The van der Waals surface area contributed by atoms with Crippen LogP contribution >= 0.6 is 22.9 Å². The summed E-state index contributed by atoms with van der Waals surface area (Å²) in [5.41, 5.74) is 0.496.